The molecular weight excluding hydrogens is 204 g/mol. The monoisotopic (exact) mass is 218 g/mol. The smallest absolute Gasteiger partial charge is 0.152 e. The van der Waals surface area contributed by atoms with Gasteiger partial charge in [-0.05, 0) is 20.8 Å². The molecular formula is C11H14N4O. The summed E-state index contributed by atoms with van der Waals surface area (Å²) in [5.41, 5.74) is 6.84. The quantitative estimate of drug-likeness (QED) is 0.737. The zero-order chi connectivity index (χ0) is 11.9. The molecule has 2 heterocycles. The normalized spacial score (nSPS) is 11.9. The molecule has 0 spiro atoms. The first-order valence-corrected chi connectivity index (χ1v) is 5.02. The van der Waals surface area contributed by atoms with Crippen molar-refractivity contribution in [2.45, 2.75) is 26.3 Å². The minimum atomic E-state index is -0.152. The zero-order valence-corrected chi connectivity index (χ0v) is 9.56. The molecule has 0 saturated carbocycles. The third-order valence-electron chi connectivity index (χ3n) is 2.49. The van der Waals surface area contributed by atoms with E-state index in [0.29, 0.717) is 22.4 Å². The lowest BCUT2D eigenvalue weighted by atomic mass is 10.1. The highest BCUT2D eigenvalue weighted by Crippen LogP contribution is 2.27. The summed E-state index contributed by atoms with van der Waals surface area (Å²) in [5.74, 6) is 0.343. The van der Waals surface area contributed by atoms with Crippen LogP contribution in [0.3, 0.4) is 0 Å². The van der Waals surface area contributed by atoms with Crippen molar-refractivity contribution in [2.24, 2.45) is 0 Å². The molecule has 0 radical (unpaired) electrons. The van der Waals surface area contributed by atoms with E-state index in [1.807, 2.05) is 25.3 Å². The predicted octanol–water partition coefficient (Wildman–Crippen LogP) is 1.58. The van der Waals surface area contributed by atoms with Gasteiger partial charge in [-0.2, -0.15) is 0 Å². The molecule has 0 saturated heterocycles. The number of hydrogen-bond acceptors (Lipinski definition) is 4. The van der Waals surface area contributed by atoms with E-state index in [4.69, 9.17) is 5.73 Å². The highest BCUT2D eigenvalue weighted by molar-refractivity contribution is 6.01. The summed E-state index contributed by atoms with van der Waals surface area (Å²) in [6, 6.07) is 0. The van der Waals surface area contributed by atoms with Gasteiger partial charge in [0.1, 0.15) is 17.8 Å². The highest BCUT2D eigenvalue weighted by Gasteiger charge is 2.20. The van der Waals surface area contributed by atoms with Crippen LogP contribution in [0, 0.1) is 0 Å². The Bertz CT molecular complexity index is 551. The lowest BCUT2D eigenvalue weighted by Crippen LogP contribution is -2.21. The molecule has 5 nitrogen and oxygen atoms in total. The third-order valence-corrected chi connectivity index (χ3v) is 2.49. The Morgan fingerprint density at radius 2 is 2.06 bits per heavy atom. The first-order valence-electron chi connectivity index (χ1n) is 5.02. The molecule has 0 fully saturated rings. The lowest BCUT2D eigenvalue weighted by molar-refractivity contribution is 0.112. The topological polar surface area (TPSA) is 73.8 Å². The third kappa shape index (κ3) is 1.44. The molecule has 0 amide bonds. The van der Waals surface area contributed by atoms with Crippen molar-refractivity contribution < 1.29 is 4.79 Å². The molecule has 0 aromatic carbocycles. The van der Waals surface area contributed by atoms with Crippen molar-refractivity contribution >= 4 is 23.1 Å². The maximum atomic E-state index is 11.0. The number of carbonyl (C=O) groups is 1. The van der Waals surface area contributed by atoms with Crippen LogP contribution >= 0.6 is 0 Å². The van der Waals surface area contributed by atoms with Crippen LogP contribution in [-0.2, 0) is 5.54 Å². The van der Waals surface area contributed by atoms with Gasteiger partial charge in [0.15, 0.2) is 6.29 Å². The summed E-state index contributed by atoms with van der Waals surface area (Å²) >= 11 is 0. The molecule has 2 aromatic heterocycles. The van der Waals surface area contributed by atoms with Crippen LogP contribution in [0.4, 0.5) is 5.82 Å². The standard InChI is InChI=1S/C11H14N4O/c1-11(2,3)15-4-7(5-16)8-9(12)13-6-14-10(8)15/h4-6H,1-3H3,(H2,12,13,14). The summed E-state index contributed by atoms with van der Waals surface area (Å²) in [5, 5.41) is 0.632. The fourth-order valence-corrected chi connectivity index (χ4v) is 1.71. The van der Waals surface area contributed by atoms with Crippen molar-refractivity contribution in [3.8, 4) is 0 Å². The Labute approximate surface area is 93.3 Å². The van der Waals surface area contributed by atoms with Crippen molar-refractivity contribution in [1.29, 1.82) is 0 Å². The molecule has 16 heavy (non-hydrogen) atoms. The highest BCUT2D eigenvalue weighted by atomic mass is 16.1. The van der Waals surface area contributed by atoms with Gasteiger partial charge in [-0.1, -0.05) is 0 Å². The van der Waals surface area contributed by atoms with Crippen molar-refractivity contribution in [2.75, 3.05) is 5.73 Å². The van der Waals surface area contributed by atoms with Crippen LogP contribution in [0.5, 0.6) is 0 Å². The number of fused-ring (bicyclic) bond motifs is 1. The van der Waals surface area contributed by atoms with Crippen LogP contribution in [-0.4, -0.2) is 20.8 Å². The predicted molar refractivity (Wildman–Crippen MR) is 62.3 cm³/mol. The van der Waals surface area contributed by atoms with Gasteiger partial charge in [0.05, 0.1) is 5.39 Å². The number of nitrogens with zero attached hydrogens (tertiary/aromatic N) is 3. The Morgan fingerprint density at radius 1 is 1.38 bits per heavy atom. The number of nitrogen functional groups attached to an aromatic ring is 1. The van der Waals surface area contributed by atoms with Gasteiger partial charge >= 0.3 is 0 Å². The maximum Gasteiger partial charge on any atom is 0.152 e. The summed E-state index contributed by atoms with van der Waals surface area (Å²) in [7, 11) is 0. The van der Waals surface area contributed by atoms with E-state index in [1.54, 1.807) is 6.20 Å². The Balaban J connectivity index is 2.89. The molecule has 5 heteroatoms. The molecule has 2 rings (SSSR count). The SMILES string of the molecule is CC(C)(C)n1cc(C=O)c2c(N)ncnc21. The molecule has 0 aliphatic carbocycles. The first-order chi connectivity index (χ1) is 7.45. The van der Waals surface area contributed by atoms with Gasteiger partial charge in [0, 0.05) is 17.3 Å². The van der Waals surface area contributed by atoms with Crippen LogP contribution in [0.1, 0.15) is 31.1 Å². The summed E-state index contributed by atoms with van der Waals surface area (Å²) in [4.78, 5) is 19.1. The number of rotatable bonds is 1. The summed E-state index contributed by atoms with van der Waals surface area (Å²) < 4.78 is 1.93. The van der Waals surface area contributed by atoms with E-state index in [2.05, 4.69) is 9.97 Å². The summed E-state index contributed by atoms with van der Waals surface area (Å²) in [6.45, 7) is 6.12. The van der Waals surface area contributed by atoms with Gasteiger partial charge in [-0.15, -0.1) is 0 Å². The van der Waals surface area contributed by atoms with E-state index in [-0.39, 0.29) is 5.54 Å². The number of nitrogens with two attached hydrogens (primary N) is 1. The van der Waals surface area contributed by atoms with Crippen LogP contribution in [0.15, 0.2) is 12.5 Å². The number of carbonyl (C=O) groups excluding carboxylic acids is 1. The van der Waals surface area contributed by atoms with Gasteiger partial charge in [-0.3, -0.25) is 4.79 Å². The van der Waals surface area contributed by atoms with Crippen molar-refractivity contribution in [1.82, 2.24) is 14.5 Å². The minimum Gasteiger partial charge on any atom is -0.383 e. The molecule has 0 aliphatic heterocycles. The van der Waals surface area contributed by atoms with Crippen molar-refractivity contribution in [3.05, 3.63) is 18.1 Å². The molecule has 0 bridgehead atoms. The molecule has 2 aromatic rings. The first kappa shape index (κ1) is 10.6. The Morgan fingerprint density at radius 3 is 2.62 bits per heavy atom. The Kier molecular flexibility index (Phi) is 2.18. The fourth-order valence-electron chi connectivity index (χ4n) is 1.71. The van der Waals surface area contributed by atoms with E-state index >= 15 is 0 Å². The second kappa shape index (κ2) is 3.30. The number of aromatic nitrogens is 3. The maximum absolute atomic E-state index is 11.0. The molecule has 84 valence electrons. The molecule has 2 N–H and O–H groups in total. The van der Waals surface area contributed by atoms with Gasteiger partial charge in [0.25, 0.3) is 0 Å². The second-order valence-electron chi connectivity index (χ2n) is 4.70. The van der Waals surface area contributed by atoms with E-state index < -0.39 is 0 Å². The number of anilines is 1. The van der Waals surface area contributed by atoms with Gasteiger partial charge in [-0.25, -0.2) is 9.97 Å². The van der Waals surface area contributed by atoms with Crippen LogP contribution in [0.2, 0.25) is 0 Å². The Hall–Kier alpha value is -1.91. The van der Waals surface area contributed by atoms with E-state index in [0.717, 1.165) is 6.29 Å². The molecule has 0 aliphatic rings. The molecule has 0 atom stereocenters. The second-order valence-corrected chi connectivity index (χ2v) is 4.70. The number of hydrogen-bond donors (Lipinski definition) is 1. The minimum absolute atomic E-state index is 0.152. The summed E-state index contributed by atoms with van der Waals surface area (Å²) in [6.07, 6.45) is 3.96. The average Bonchev–Trinajstić information content (AvgIpc) is 2.57. The lowest BCUT2D eigenvalue weighted by Gasteiger charge is -2.21. The fraction of sp³-hybridized carbons (Fsp3) is 0.364. The largest absolute Gasteiger partial charge is 0.383 e. The van der Waals surface area contributed by atoms with E-state index in [9.17, 15) is 4.79 Å². The van der Waals surface area contributed by atoms with Crippen LogP contribution < -0.4 is 5.73 Å². The van der Waals surface area contributed by atoms with Gasteiger partial charge < -0.3 is 10.3 Å². The van der Waals surface area contributed by atoms with Gasteiger partial charge in [0.2, 0.25) is 0 Å². The van der Waals surface area contributed by atoms with Crippen molar-refractivity contribution in [3.63, 3.8) is 0 Å². The van der Waals surface area contributed by atoms with Crippen LogP contribution in [0.25, 0.3) is 11.0 Å². The molecule has 0 unspecified atom stereocenters. The number of aldehydes is 1. The van der Waals surface area contributed by atoms with E-state index in [1.165, 1.54) is 6.33 Å². The zero-order valence-electron chi connectivity index (χ0n) is 9.56. The average molecular weight is 218 g/mol.